The molecule has 0 aromatic heterocycles. The molecule has 0 amide bonds. The summed E-state index contributed by atoms with van der Waals surface area (Å²) in [6, 6.07) is 7.64. The van der Waals surface area contributed by atoms with Gasteiger partial charge in [-0.05, 0) is 20.3 Å². The van der Waals surface area contributed by atoms with Crippen molar-refractivity contribution in [1.82, 2.24) is 0 Å². The van der Waals surface area contributed by atoms with E-state index < -0.39 is 0 Å². The highest BCUT2D eigenvalue weighted by atomic mass is 16.5. The van der Waals surface area contributed by atoms with Crippen LogP contribution < -0.4 is 5.46 Å². The summed E-state index contributed by atoms with van der Waals surface area (Å²) in [5.41, 5.74) is 2.72. The molecule has 2 nitrogen and oxygen atoms in total. The first kappa shape index (κ1) is 12.6. The van der Waals surface area contributed by atoms with Crippen LogP contribution in [-0.2, 0) is 16.0 Å². The summed E-state index contributed by atoms with van der Waals surface area (Å²) in [5, 5.41) is 0. The van der Waals surface area contributed by atoms with E-state index in [1.54, 1.807) is 6.92 Å². The van der Waals surface area contributed by atoms with Crippen molar-refractivity contribution in [3.8, 4) is 0 Å². The van der Waals surface area contributed by atoms with E-state index in [0.717, 1.165) is 16.6 Å². The summed E-state index contributed by atoms with van der Waals surface area (Å²) in [6.45, 7) is 4.08. The maximum atomic E-state index is 11.2. The third-order valence-corrected chi connectivity index (χ3v) is 2.18. The molecule has 82 valence electrons. The van der Waals surface area contributed by atoms with Crippen LogP contribution in [0.5, 0.6) is 0 Å². The van der Waals surface area contributed by atoms with Crippen LogP contribution >= 0.6 is 0 Å². The molecule has 0 spiro atoms. The van der Waals surface area contributed by atoms with E-state index in [1.807, 2.05) is 31.2 Å². The van der Waals surface area contributed by atoms with Gasteiger partial charge in [0.2, 0.25) is 0 Å². The van der Waals surface area contributed by atoms with Crippen LogP contribution in [0.15, 0.2) is 35.9 Å². The van der Waals surface area contributed by atoms with E-state index in [0.29, 0.717) is 13.0 Å². The van der Waals surface area contributed by atoms with Gasteiger partial charge < -0.3 is 4.74 Å². The van der Waals surface area contributed by atoms with Gasteiger partial charge >= 0.3 is 5.97 Å². The number of esters is 1. The average Bonchev–Trinajstić information content (AvgIpc) is 2.21. The van der Waals surface area contributed by atoms with Crippen molar-refractivity contribution in [2.45, 2.75) is 20.3 Å². The molecule has 16 heavy (non-hydrogen) atoms. The van der Waals surface area contributed by atoms with Gasteiger partial charge in [-0.15, -0.1) is 0 Å². The molecule has 0 unspecified atom stereocenters. The zero-order valence-corrected chi connectivity index (χ0v) is 9.69. The first-order valence-corrected chi connectivity index (χ1v) is 5.30. The number of carbonyl (C=O) groups excluding carboxylic acids is 1. The van der Waals surface area contributed by atoms with Gasteiger partial charge in [-0.1, -0.05) is 40.9 Å². The SMILES string of the molecule is [B]c1ccccc1C/C(C)=C/C(=O)OCC. The molecule has 0 aliphatic carbocycles. The van der Waals surface area contributed by atoms with Crippen LogP contribution in [0.1, 0.15) is 19.4 Å². The van der Waals surface area contributed by atoms with Gasteiger partial charge in [0.15, 0.2) is 0 Å². The summed E-state index contributed by atoms with van der Waals surface area (Å²) >= 11 is 0. The Balaban J connectivity index is 2.67. The molecular weight excluding hydrogens is 199 g/mol. The van der Waals surface area contributed by atoms with Gasteiger partial charge in [0.05, 0.1) is 6.61 Å². The first-order chi connectivity index (χ1) is 7.63. The third kappa shape index (κ3) is 3.93. The first-order valence-electron chi connectivity index (χ1n) is 5.30. The number of hydrogen-bond donors (Lipinski definition) is 0. The van der Waals surface area contributed by atoms with E-state index in [4.69, 9.17) is 12.6 Å². The molecule has 0 aliphatic rings. The topological polar surface area (TPSA) is 26.3 Å². The Morgan fingerprint density at radius 3 is 2.75 bits per heavy atom. The highest BCUT2D eigenvalue weighted by Gasteiger charge is 2.01. The maximum absolute atomic E-state index is 11.2. The van der Waals surface area contributed by atoms with Crippen LogP contribution in [0.4, 0.5) is 0 Å². The van der Waals surface area contributed by atoms with Crippen LogP contribution in [0.2, 0.25) is 0 Å². The average molecular weight is 214 g/mol. The number of allylic oxidation sites excluding steroid dienone is 1. The quantitative estimate of drug-likeness (QED) is 0.431. The van der Waals surface area contributed by atoms with Gasteiger partial charge in [-0.25, -0.2) is 4.79 Å². The molecule has 0 aliphatic heterocycles. The zero-order chi connectivity index (χ0) is 12.0. The number of hydrogen-bond acceptors (Lipinski definition) is 2. The molecule has 0 heterocycles. The lowest BCUT2D eigenvalue weighted by atomic mass is 9.88. The molecule has 0 bridgehead atoms. The van der Waals surface area contributed by atoms with E-state index in [9.17, 15) is 4.79 Å². The molecule has 3 heteroatoms. The minimum atomic E-state index is -0.297. The second-order valence-electron chi connectivity index (χ2n) is 3.62. The molecule has 1 aromatic carbocycles. The maximum Gasteiger partial charge on any atom is 0.330 e. The molecular formula is C13H15BO2. The highest BCUT2D eigenvalue weighted by molar-refractivity contribution is 6.33. The molecule has 0 saturated carbocycles. The number of benzene rings is 1. The minimum Gasteiger partial charge on any atom is -0.463 e. The van der Waals surface area contributed by atoms with Crippen LogP contribution in [0.25, 0.3) is 0 Å². The predicted octanol–water partition coefficient (Wildman–Crippen LogP) is 1.53. The van der Waals surface area contributed by atoms with Crippen LogP contribution in [0.3, 0.4) is 0 Å². The lowest BCUT2D eigenvalue weighted by molar-refractivity contribution is -0.137. The zero-order valence-electron chi connectivity index (χ0n) is 9.69. The van der Waals surface area contributed by atoms with Crippen molar-refractivity contribution in [3.63, 3.8) is 0 Å². The molecule has 1 rings (SSSR count). The third-order valence-electron chi connectivity index (χ3n) is 2.18. The Morgan fingerprint density at radius 1 is 1.44 bits per heavy atom. The lowest BCUT2D eigenvalue weighted by Crippen LogP contribution is -2.10. The van der Waals surface area contributed by atoms with Gasteiger partial charge in [-0.2, -0.15) is 0 Å². The smallest absolute Gasteiger partial charge is 0.330 e. The van der Waals surface area contributed by atoms with Crippen molar-refractivity contribution in [2.75, 3.05) is 6.61 Å². The van der Waals surface area contributed by atoms with Gasteiger partial charge in [-0.3, -0.25) is 0 Å². The Hall–Kier alpha value is -1.51. The fraction of sp³-hybridized carbons (Fsp3) is 0.308. The number of carbonyl (C=O) groups is 1. The van der Waals surface area contributed by atoms with Crippen molar-refractivity contribution in [1.29, 1.82) is 0 Å². The van der Waals surface area contributed by atoms with Gasteiger partial charge in [0, 0.05) is 6.08 Å². The van der Waals surface area contributed by atoms with E-state index in [2.05, 4.69) is 0 Å². The van der Waals surface area contributed by atoms with Crippen LogP contribution in [-0.4, -0.2) is 20.4 Å². The monoisotopic (exact) mass is 214 g/mol. The normalized spacial score (nSPS) is 11.2. The minimum absolute atomic E-state index is 0.297. The summed E-state index contributed by atoms with van der Waals surface area (Å²) in [5.74, 6) is -0.297. The summed E-state index contributed by atoms with van der Waals surface area (Å²) in [4.78, 5) is 11.2. The molecule has 0 saturated heterocycles. The second-order valence-corrected chi connectivity index (χ2v) is 3.62. The summed E-state index contributed by atoms with van der Waals surface area (Å²) in [6.07, 6.45) is 2.18. The van der Waals surface area contributed by atoms with E-state index >= 15 is 0 Å². The largest absolute Gasteiger partial charge is 0.463 e. The summed E-state index contributed by atoms with van der Waals surface area (Å²) < 4.78 is 4.83. The van der Waals surface area contributed by atoms with Crippen molar-refractivity contribution < 1.29 is 9.53 Å². The Kier molecular flexibility index (Phi) is 4.84. The van der Waals surface area contributed by atoms with E-state index in [1.165, 1.54) is 6.08 Å². The Bertz CT molecular complexity index is 397. The summed E-state index contributed by atoms with van der Waals surface area (Å²) in [7, 11) is 5.81. The van der Waals surface area contributed by atoms with Crippen LogP contribution in [0, 0.1) is 0 Å². The number of ether oxygens (including phenoxy) is 1. The molecule has 0 fully saturated rings. The van der Waals surface area contributed by atoms with Crippen molar-refractivity contribution in [3.05, 3.63) is 41.5 Å². The Labute approximate surface area is 97.7 Å². The van der Waals surface area contributed by atoms with Crippen molar-refractivity contribution in [2.24, 2.45) is 0 Å². The Morgan fingerprint density at radius 2 is 2.12 bits per heavy atom. The second kappa shape index (κ2) is 6.16. The van der Waals surface area contributed by atoms with E-state index in [-0.39, 0.29) is 5.97 Å². The highest BCUT2D eigenvalue weighted by Crippen LogP contribution is 2.05. The van der Waals surface area contributed by atoms with Gasteiger partial charge in [0.1, 0.15) is 7.85 Å². The lowest BCUT2D eigenvalue weighted by Gasteiger charge is -2.06. The molecule has 1 aromatic rings. The molecule has 0 N–H and O–H groups in total. The molecule has 0 atom stereocenters. The van der Waals surface area contributed by atoms with Crippen molar-refractivity contribution >= 4 is 19.3 Å². The fourth-order valence-corrected chi connectivity index (χ4v) is 1.43. The standard InChI is InChI=1S/C13H15BO2/c1-3-16-13(15)9-10(2)8-11-6-4-5-7-12(11)14/h4-7,9H,3,8H2,1-2H3/b10-9+. The molecule has 2 radical (unpaired) electrons. The number of rotatable bonds is 4. The fourth-order valence-electron chi connectivity index (χ4n) is 1.43. The van der Waals surface area contributed by atoms with Gasteiger partial charge in [0.25, 0.3) is 0 Å². The predicted molar refractivity (Wildman–Crippen MR) is 65.9 cm³/mol.